The van der Waals surface area contributed by atoms with Gasteiger partial charge >= 0.3 is 12.4 Å². The summed E-state index contributed by atoms with van der Waals surface area (Å²) >= 11 is 0. The molecule has 0 bridgehead atoms. The second-order valence-electron chi connectivity index (χ2n) is 10.7. The summed E-state index contributed by atoms with van der Waals surface area (Å²) < 4.78 is 111. The van der Waals surface area contributed by atoms with Crippen molar-refractivity contribution in [2.24, 2.45) is 11.7 Å². The molecule has 42 heavy (non-hydrogen) atoms. The van der Waals surface area contributed by atoms with Crippen LogP contribution in [0.1, 0.15) is 61.6 Å². The van der Waals surface area contributed by atoms with Crippen molar-refractivity contribution in [1.29, 1.82) is 0 Å². The van der Waals surface area contributed by atoms with Crippen molar-refractivity contribution in [2.45, 2.75) is 73.1 Å². The molecule has 2 aromatic carbocycles. The number of amides is 2. The third kappa shape index (κ3) is 6.14. The van der Waals surface area contributed by atoms with E-state index in [9.17, 15) is 44.3 Å². The van der Waals surface area contributed by atoms with Gasteiger partial charge in [-0.2, -0.15) is 26.3 Å². The van der Waals surface area contributed by atoms with Crippen LogP contribution >= 0.6 is 0 Å². The molecule has 230 valence electrons. The fraction of sp³-hybridized carbons (Fsp3) is 0.500. The third-order valence-electron chi connectivity index (χ3n) is 8.02. The molecule has 4 rings (SSSR count). The molecule has 2 fully saturated rings. The number of nitrogens with two attached hydrogens (primary N) is 1. The van der Waals surface area contributed by atoms with E-state index < -0.39 is 60.5 Å². The minimum atomic E-state index is -5.31. The van der Waals surface area contributed by atoms with Crippen LogP contribution in [0.25, 0.3) is 0 Å². The number of likely N-dealkylation sites (tertiary alicyclic amines) is 1. The number of sulfone groups is 1. The highest BCUT2D eigenvalue weighted by Gasteiger charge is 2.58. The Kier molecular flexibility index (Phi) is 8.98. The number of halogens is 6. The number of carbonyl (C=O) groups excluding carboxylic acids is 2. The third-order valence-corrected chi connectivity index (χ3v) is 10.4. The molecule has 2 aliphatic rings. The smallest absolute Gasteiger partial charge is 0.367 e. The fourth-order valence-electron chi connectivity index (χ4n) is 5.88. The van der Waals surface area contributed by atoms with Crippen LogP contribution in [-0.4, -0.2) is 44.3 Å². The van der Waals surface area contributed by atoms with Crippen LogP contribution in [0, 0.1) is 5.92 Å². The highest BCUT2D eigenvalue weighted by Crippen LogP contribution is 2.45. The second kappa shape index (κ2) is 11.9. The molecule has 2 aromatic rings. The van der Waals surface area contributed by atoms with Gasteiger partial charge in [-0.3, -0.25) is 14.5 Å². The van der Waals surface area contributed by atoms with Crippen LogP contribution in [0.5, 0.6) is 0 Å². The number of hydrogen-bond acceptors (Lipinski definition) is 5. The van der Waals surface area contributed by atoms with Crippen molar-refractivity contribution in [2.75, 3.05) is 13.1 Å². The highest BCUT2D eigenvalue weighted by molar-refractivity contribution is 7.93. The number of carbonyl (C=O) groups is 2. The number of rotatable bonds is 7. The van der Waals surface area contributed by atoms with Crippen molar-refractivity contribution in [3.05, 3.63) is 65.2 Å². The van der Waals surface area contributed by atoms with Crippen molar-refractivity contribution >= 4 is 21.7 Å². The lowest BCUT2D eigenvalue weighted by Gasteiger charge is -2.44. The number of primary amides is 1. The highest BCUT2D eigenvalue weighted by atomic mass is 32.2. The fourth-order valence-corrected chi connectivity index (χ4v) is 7.95. The maximum atomic E-state index is 14.2. The first-order valence-electron chi connectivity index (χ1n) is 13.5. The van der Waals surface area contributed by atoms with Gasteiger partial charge in [0.05, 0.1) is 16.0 Å². The van der Waals surface area contributed by atoms with Crippen LogP contribution in [-0.2, 0) is 36.6 Å². The summed E-state index contributed by atoms with van der Waals surface area (Å²) in [5.74, 6) is -2.53. The topological polar surface area (TPSA) is 110 Å². The molecule has 2 amide bonds. The first-order valence-corrected chi connectivity index (χ1v) is 15.0. The summed E-state index contributed by atoms with van der Waals surface area (Å²) in [6.07, 6.45) is -5.95. The zero-order valence-electron chi connectivity index (χ0n) is 22.5. The normalized spacial score (nSPS) is 19.7. The zero-order chi connectivity index (χ0) is 30.9. The number of piperidine rings is 1. The van der Waals surface area contributed by atoms with E-state index in [1.165, 1.54) is 18.2 Å². The molecule has 0 radical (unpaired) electrons. The molecule has 1 unspecified atom stereocenters. The van der Waals surface area contributed by atoms with Gasteiger partial charge in [0.2, 0.25) is 20.6 Å². The van der Waals surface area contributed by atoms with E-state index >= 15 is 0 Å². The van der Waals surface area contributed by atoms with Gasteiger partial charge in [0.15, 0.2) is 0 Å². The molecule has 1 saturated heterocycles. The summed E-state index contributed by atoms with van der Waals surface area (Å²) in [6, 6.07) is 6.51. The van der Waals surface area contributed by atoms with E-state index in [-0.39, 0.29) is 56.1 Å². The molecular weight excluding hydrogens is 588 g/mol. The summed E-state index contributed by atoms with van der Waals surface area (Å²) in [6.45, 7) is -0.620. The number of benzene rings is 2. The molecule has 0 spiro atoms. The molecule has 0 aromatic heterocycles. The lowest BCUT2D eigenvalue weighted by Crippen LogP contribution is -2.62. The second-order valence-corrected chi connectivity index (χ2v) is 12.8. The minimum Gasteiger partial charge on any atom is -0.367 e. The summed E-state index contributed by atoms with van der Waals surface area (Å²) in [5, 5.41) is 2.98. The van der Waals surface area contributed by atoms with Gasteiger partial charge in [-0.15, -0.1) is 0 Å². The number of nitrogens with zero attached hydrogens (tertiary/aromatic N) is 1. The molecule has 1 heterocycles. The Labute approximate surface area is 239 Å². The van der Waals surface area contributed by atoms with Gasteiger partial charge in [0, 0.05) is 25.0 Å². The van der Waals surface area contributed by atoms with Crippen LogP contribution in [0.15, 0.2) is 53.4 Å². The maximum absolute atomic E-state index is 14.2. The molecule has 1 aliphatic carbocycles. The quantitative estimate of drug-likeness (QED) is 0.425. The minimum absolute atomic E-state index is 0.00153. The Morgan fingerprint density at radius 2 is 1.29 bits per heavy atom. The van der Waals surface area contributed by atoms with E-state index in [2.05, 4.69) is 5.32 Å². The van der Waals surface area contributed by atoms with Crippen molar-refractivity contribution in [3.8, 4) is 0 Å². The average molecular weight is 620 g/mol. The van der Waals surface area contributed by atoms with E-state index in [1.54, 1.807) is 0 Å². The van der Waals surface area contributed by atoms with Gasteiger partial charge in [-0.05, 0) is 61.6 Å². The van der Waals surface area contributed by atoms with Gasteiger partial charge in [0.25, 0.3) is 5.91 Å². The van der Waals surface area contributed by atoms with Gasteiger partial charge in [0.1, 0.15) is 0 Å². The van der Waals surface area contributed by atoms with Crippen molar-refractivity contribution in [1.82, 2.24) is 10.2 Å². The largest absolute Gasteiger partial charge is 0.416 e. The molecule has 1 saturated carbocycles. The summed E-state index contributed by atoms with van der Waals surface area (Å²) in [5.41, 5.74) is 1.04. The molecular formula is C28H31F6N3O4S. The lowest BCUT2D eigenvalue weighted by atomic mass is 9.90. The van der Waals surface area contributed by atoms with Gasteiger partial charge in [-0.1, -0.05) is 37.5 Å². The number of alkyl halides is 6. The predicted molar refractivity (Wildman–Crippen MR) is 140 cm³/mol. The van der Waals surface area contributed by atoms with Crippen molar-refractivity contribution in [3.63, 3.8) is 0 Å². The Hall–Kier alpha value is -3.13. The molecule has 1 atom stereocenters. The Bertz CT molecular complexity index is 1370. The van der Waals surface area contributed by atoms with Crippen LogP contribution < -0.4 is 11.1 Å². The first-order chi connectivity index (χ1) is 19.6. The van der Waals surface area contributed by atoms with Crippen molar-refractivity contribution < 1.29 is 44.3 Å². The van der Waals surface area contributed by atoms with E-state index in [0.717, 1.165) is 49.1 Å². The Morgan fingerprint density at radius 1 is 0.786 bits per heavy atom. The Balaban J connectivity index is 1.83. The monoisotopic (exact) mass is 619 g/mol. The lowest BCUT2D eigenvalue weighted by molar-refractivity contribution is -0.144. The van der Waals surface area contributed by atoms with Gasteiger partial charge in [-0.25, -0.2) is 8.42 Å². The molecule has 1 aliphatic heterocycles. The van der Waals surface area contributed by atoms with E-state index in [1.807, 2.05) is 0 Å². The van der Waals surface area contributed by atoms with Gasteiger partial charge < -0.3 is 11.1 Å². The number of nitrogens with one attached hydrogen (secondary N) is 1. The summed E-state index contributed by atoms with van der Waals surface area (Å²) in [7, 11) is -5.08. The van der Waals surface area contributed by atoms with Crippen LogP contribution in [0.4, 0.5) is 26.3 Å². The molecule has 7 nitrogen and oxygen atoms in total. The van der Waals surface area contributed by atoms with E-state index in [4.69, 9.17) is 5.73 Å². The average Bonchev–Trinajstić information content (AvgIpc) is 2.93. The predicted octanol–water partition coefficient (Wildman–Crippen LogP) is 5.00. The van der Waals surface area contributed by atoms with Crippen LogP contribution in [0.2, 0.25) is 0 Å². The summed E-state index contributed by atoms with van der Waals surface area (Å²) in [4.78, 5) is 23.6. The Morgan fingerprint density at radius 3 is 1.76 bits per heavy atom. The van der Waals surface area contributed by atoms with Crippen LogP contribution in [0.3, 0.4) is 0 Å². The van der Waals surface area contributed by atoms with E-state index in [0.29, 0.717) is 0 Å². The standard InChI is InChI=1S/C28H31F6N3O4S/c29-27(30,31)20-15-19(16-21(17-20)28(32,33)34)26(25(35)39,42(40,41)23-9-5-2-6-10-23)37-13-11-18(12-14-37)24(38)36-22-7-3-1-4-8-22/h2,5-6,9-10,15-18,22H,1,3-4,7-8,11-14H2,(H2,35,39)(H,36,38). The molecule has 14 heteroatoms. The first kappa shape index (κ1) is 31.8. The maximum Gasteiger partial charge on any atom is 0.416 e. The number of hydrogen-bond donors (Lipinski definition) is 2. The molecule has 3 N–H and O–H groups in total. The zero-order valence-corrected chi connectivity index (χ0v) is 23.3. The SMILES string of the molecule is NC(=O)C(c1cc(C(F)(F)F)cc(C(F)(F)F)c1)(N1CCC(C(=O)NC2CCCCC2)CC1)S(=O)(=O)c1ccccc1.